The van der Waals surface area contributed by atoms with E-state index in [4.69, 9.17) is 0 Å². The van der Waals surface area contributed by atoms with Crippen molar-refractivity contribution in [2.45, 2.75) is 70.2 Å². The molecule has 1 aliphatic heterocycles. The molecule has 1 saturated heterocycles. The number of carbonyl (C=O) groups excluding carboxylic acids is 1. The third kappa shape index (κ3) is 3.57. The normalized spacial score (nSPS) is 31.7. The average molecular weight is 483 g/mol. The second-order valence-electron chi connectivity index (χ2n) is 9.93. The van der Waals surface area contributed by atoms with E-state index < -0.39 is 10.0 Å². The molecule has 29 heavy (non-hydrogen) atoms. The van der Waals surface area contributed by atoms with E-state index in [2.05, 4.69) is 42.0 Å². The molecule has 0 spiro atoms. The monoisotopic (exact) mass is 482 g/mol. The summed E-state index contributed by atoms with van der Waals surface area (Å²) in [5.74, 6) is 0.456. The quantitative estimate of drug-likeness (QED) is 0.683. The largest absolute Gasteiger partial charge is 0.348 e. The molecule has 1 heterocycles. The molecule has 5 nitrogen and oxygen atoms in total. The van der Waals surface area contributed by atoms with Crippen molar-refractivity contribution in [2.24, 2.45) is 16.7 Å². The topological polar surface area (TPSA) is 66.5 Å². The summed E-state index contributed by atoms with van der Waals surface area (Å²) in [4.78, 5) is 13.3. The van der Waals surface area contributed by atoms with Gasteiger partial charge in [-0.1, -0.05) is 27.2 Å². The van der Waals surface area contributed by atoms with Crippen LogP contribution in [0.5, 0.6) is 0 Å². The molecule has 1 aromatic rings. The minimum absolute atomic E-state index is 0.0563. The summed E-state index contributed by atoms with van der Waals surface area (Å²) < 4.78 is 28.3. The zero-order chi connectivity index (χ0) is 21.0. The number of fused-ring (bicyclic) bond motifs is 2. The lowest BCUT2D eigenvalue weighted by molar-refractivity contribution is 0.0737. The third-order valence-corrected chi connectivity index (χ3v) is 10.6. The molecule has 1 unspecified atom stereocenters. The first kappa shape index (κ1) is 21.3. The highest BCUT2D eigenvalue weighted by molar-refractivity contribution is 9.10. The first-order valence-corrected chi connectivity index (χ1v) is 12.9. The summed E-state index contributed by atoms with van der Waals surface area (Å²) in [6.07, 6.45) is 6.35. The molecule has 2 bridgehead atoms. The first-order valence-electron chi connectivity index (χ1n) is 10.7. The van der Waals surface area contributed by atoms with Gasteiger partial charge in [-0.25, -0.2) is 8.42 Å². The third-order valence-electron chi connectivity index (χ3n) is 7.67. The average Bonchev–Trinajstić information content (AvgIpc) is 3.17. The summed E-state index contributed by atoms with van der Waals surface area (Å²) in [5, 5.41) is 3.27. The first-order chi connectivity index (χ1) is 13.6. The summed E-state index contributed by atoms with van der Waals surface area (Å²) in [5.41, 5.74) is 0.591. The second kappa shape index (κ2) is 7.34. The number of hydrogen-bond donors (Lipinski definition) is 1. The van der Waals surface area contributed by atoms with Crippen LogP contribution < -0.4 is 5.32 Å². The standard InChI is InChI=1S/C22H31BrN2O3S/c1-21(2)16-9-10-22(3,14-16)20(21)24-19(26)15-7-8-17(23)18(13-15)29(27,28)25-11-5-4-6-12-25/h7-8,13,16,20H,4-6,9-12,14H2,1-3H3,(H,24,26)/t16-,20?,22+/m1/s1. The van der Waals surface area contributed by atoms with Crippen molar-refractivity contribution in [1.82, 2.24) is 9.62 Å². The van der Waals surface area contributed by atoms with E-state index in [0.717, 1.165) is 32.1 Å². The van der Waals surface area contributed by atoms with Crippen molar-refractivity contribution in [3.8, 4) is 0 Å². The van der Waals surface area contributed by atoms with E-state index in [-0.39, 0.29) is 27.7 Å². The van der Waals surface area contributed by atoms with Crippen LogP contribution in [0.3, 0.4) is 0 Å². The van der Waals surface area contributed by atoms with Crippen LogP contribution in [0.4, 0.5) is 0 Å². The highest BCUT2D eigenvalue weighted by atomic mass is 79.9. The van der Waals surface area contributed by atoms with Gasteiger partial charge in [-0.2, -0.15) is 4.31 Å². The number of sulfonamides is 1. The van der Waals surface area contributed by atoms with Gasteiger partial charge in [-0.05, 0) is 83.0 Å². The molecular formula is C22H31BrN2O3S. The van der Waals surface area contributed by atoms with E-state index in [1.165, 1.54) is 12.5 Å². The number of halogens is 1. The van der Waals surface area contributed by atoms with Gasteiger partial charge in [0.05, 0.1) is 4.90 Å². The van der Waals surface area contributed by atoms with E-state index in [1.807, 2.05) is 0 Å². The Hall–Kier alpha value is -0.920. The lowest BCUT2D eigenvalue weighted by Gasteiger charge is -2.43. The van der Waals surface area contributed by atoms with Crippen LogP contribution in [-0.4, -0.2) is 37.8 Å². The Kier molecular flexibility index (Phi) is 5.40. The summed E-state index contributed by atoms with van der Waals surface area (Å²) in [7, 11) is -3.61. The maximum absolute atomic E-state index is 13.1. The zero-order valence-electron chi connectivity index (χ0n) is 17.5. The number of nitrogens with one attached hydrogen (secondary N) is 1. The molecule has 1 amide bonds. The van der Waals surface area contributed by atoms with Gasteiger partial charge in [0.25, 0.3) is 5.91 Å². The van der Waals surface area contributed by atoms with E-state index in [1.54, 1.807) is 16.4 Å². The maximum Gasteiger partial charge on any atom is 0.251 e. The van der Waals surface area contributed by atoms with Crippen LogP contribution in [0.2, 0.25) is 0 Å². The number of hydrogen-bond acceptors (Lipinski definition) is 3. The highest BCUT2D eigenvalue weighted by Gasteiger charge is 2.59. The van der Waals surface area contributed by atoms with E-state index in [0.29, 0.717) is 29.0 Å². The predicted molar refractivity (Wildman–Crippen MR) is 117 cm³/mol. The maximum atomic E-state index is 13.1. The molecule has 3 aliphatic rings. The Morgan fingerprint density at radius 3 is 2.48 bits per heavy atom. The summed E-state index contributed by atoms with van der Waals surface area (Å²) in [6.45, 7) is 7.87. The van der Waals surface area contributed by atoms with Gasteiger partial charge in [0, 0.05) is 29.2 Å². The lowest BCUT2D eigenvalue weighted by Crippen LogP contribution is -2.52. The molecule has 160 valence electrons. The highest BCUT2D eigenvalue weighted by Crippen LogP contribution is 2.62. The van der Waals surface area contributed by atoms with Crippen molar-refractivity contribution in [1.29, 1.82) is 0 Å². The molecule has 0 aromatic heterocycles. The Morgan fingerprint density at radius 1 is 1.17 bits per heavy atom. The van der Waals surface area contributed by atoms with E-state index >= 15 is 0 Å². The number of piperidine rings is 1. The number of carbonyl (C=O) groups is 1. The van der Waals surface area contributed by atoms with Gasteiger partial charge in [0.15, 0.2) is 0 Å². The van der Waals surface area contributed by atoms with Gasteiger partial charge in [0.1, 0.15) is 0 Å². The molecule has 3 atom stereocenters. The minimum atomic E-state index is -3.61. The van der Waals surface area contributed by atoms with Crippen molar-refractivity contribution >= 4 is 31.9 Å². The van der Waals surface area contributed by atoms with Crippen molar-refractivity contribution in [3.63, 3.8) is 0 Å². The predicted octanol–water partition coefficient (Wildman–Crippen LogP) is 4.57. The summed E-state index contributed by atoms with van der Waals surface area (Å²) in [6, 6.07) is 5.02. The Balaban J connectivity index is 1.60. The number of rotatable bonds is 4. The fraction of sp³-hybridized carbons (Fsp3) is 0.682. The van der Waals surface area contributed by atoms with Gasteiger partial charge < -0.3 is 5.32 Å². The van der Waals surface area contributed by atoms with Crippen LogP contribution in [-0.2, 0) is 10.0 Å². The van der Waals surface area contributed by atoms with Crippen LogP contribution in [0.1, 0.15) is 69.7 Å². The molecule has 2 saturated carbocycles. The fourth-order valence-corrected chi connectivity index (χ4v) is 8.43. The van der Waals surface area contributed by atoms with Gasteiger partial charge in [-0.3, -0.25) is 4.79 Å². The SMILES string of the molecule is CC1(C)C(NC(=O)c2ccc(Br)c(S(=O)(=O)N3CCCCC3)c2)[C@@]2(C)CC[C@@H]1C2. The number of amides is 1. The number of benzene rings is 1. The zero-order valence-corrected chi connectivity index (χ0v) is 19.9. The molecule has 7 heteroatoms. The van der Waals surface area contributed by atoms with Crippen molar-refractivity contribution in [2.75, 3.05) is 13.1 Å². The summed E-state index contributed by atoms with van der Waals surface area (Å²) >= 11 is 3.39. The van der Waals surface area contributed by atoms with Gasteiger partial charge >= 0.3 is 0 Å². The van der Waals surface area contributed by atoms with Crippen LogP contribution in [0, 0.1) is 16.7 Å². The second-order valence-corrected chi connectivity index (χ2v) is 12.7. The molecule has 3 fully saturated rings. The molecule has 1 N–H and O–H groups in total. The lowest BCUT2D eigenvalue weighted by atomic mass is 9.68. The molecule has 2 aliphatic carbocycles. The minimum Gasteiger partial charge on any atom is -0.348 e. The van der Waals surface area contributed by atoms with Crippen LogP contribution in [0.15, 0.2) is 27.6 Å². The smallest absolute Gasteiger partial charge is 0.251 e. The molecule has 4 rings (SSSR count). The Labute approximate surface area is 182 Å². The fourth-order valence-electron chi connectivity index (χ4n) is 5.96. The molecular weight excluding hydrogens is 452 g/mol. The number of nitrogens with zero attached hydrogens (tertiary/aromatic N) is 1. The van der Waals surface area contributed by atoms with E-state index in [9.17, 15) is 13.2 Å². The van der Waals surface area contributed by atoms with Gasteiger partial charge in [0.2, 0.25) is 10.0 Å². The van der Waals surface area contributed by atoms with Gasteiger partial charge in [-0.15, -0.1) is 0 Å². The van der Waals surface area contributed by atoms with Crippen LogP contribution in [0.25, 0.3) is 0 Å². The molecule has 0 radical (unpaired) electrons. The molecule has 1 aromatic carbocycles. The van der Waals surface area contributed by atoms with Crippen molar-refractivity contribution in [3.05, 3.63) is 28.2 Å². The van der Waals surface area contributed by atoms with Crippen LogP contribution >= 0.6 is 15.9 Å². The Morgan fingerprint density at radius 2 is 1.86 bits per heavy atom. The van der Waals surface area contributed by atoms with Crippen molar-refractivity contribution < 1.29 is 13.2 Å². The Bertz CT molecular complexity index is 919.